The van der Waals surface area contributed by atoms with Crippen LogP contribution in [-0.4, -0.2) is 21.2 Å². The van der Waals surface area contributed by atoms with Crippen LogP contribution in [0.4, 0.5) is 11.5 Å². The first-order valence-electron chi connectivity index (χ1n) is 5.20. The zero-order valence-corrected chi connectivity index (χ0v) is 11.3. The fraction of sp³-hybridized carbons (Fsp3) is 0.182. The van der Waals surface area contributed by atoms with E-state index in [4.69, 9.17) is 17.3 Å². The molecule has 5 nitrogen and oxygen atoms in total. The molecule has 0 aliphatic rings. The normalized spacial score (nSPS) is 10.3. The van der Waals surface area contributed by atoms with E-state index in [-0.39, 0.29) is 5.15 Å². The Labute approximate surface area is 114 Å². The van der Waals surface area contributed by atoms with Crippen LogP contribution in [0.3, 0.4) is 0 Å². The monoisotopic (exact) mass is 281 g/mol. The predicted octanol–water partition coefficient (Wildman–Crippen LogP) is 2.44. The minimum atomic E-state index is 0.270. The molecule has 94 valence electrons. The fourth-order valence-electron chi connectivity index (χ4n) is 1.34. The third kappa shape index (κ3) is 3.02. The number of nitrogens with one attached hydrogen (secondary N) is 1. The van der Waals surface area contributed by atoms with Crippen molar-refractivity contribution in [2.24, 2.45) is 0 Å². The molecule has 3 N–H and O–H groups in total. The maximum atomic E-state index is 5.94. The first kappa shape index (κ1) is 12.9. The van der Waals surface area contributed by atoms with Crippen LogP contribution in [-0.2, 0) is 6.54 Å². The number of nitrogen functional groups attached to an aromatic ring is 1. The summed E-state index contributed by atoms with van der Waals surface area (Å²) in [5.74, 6) is 0.552. The van der Waals surface area contributed by atoms with E-state index >= 15 is 0 Å². The third-order valence-corrected chi connectivity index (χ3v) is 3.11. The van der Waals surface area contributed by atoms with Crippen LogP contribution in [0.5, 0.6) is 0 Å². The van der Waals surface area contributed by atoms with Crippen molar-refractivity contribution < 1.29 is 0 Å². The van der Waals surface area contributed by atoms with Crippen LogP contribution in [0.1, 0.15) is 5.56 Å². The van der Waals surface area contributed by atoms with Crippen LogP contribution >= 0.6 is 23.4 Å². The van der Waals surface area contributed by atoms with Gasteiger partial charge in [0, 0.05) is 18.9 Å². The molecule has 0 fully saturated rings. The standard InChI is InChI=1S/C11H12ClN5S/c1-18-11-16-9(12)8(13)10(17-11)15-6-7-2-4-14-5-3-7/h2-5H,6,13H2,1H3,(H,15,16,17). The minimum Gasteiger partial charge on any atom is -0.393 e. The second kappa shape index (κ2) is 5.88. The maximum Gasteiger partial charge on any atom is 0.190 e. The van der Waals surface area contributed by atoms with Gasteiger partial charge in [0.05, 0.1) is 0 Å². The molecule has 0 aliphatic heterocycles. The van der Waals surface area contributed by atoms with Crippen molar-refractivity contribution >= 4 is 34.9 Å². The average Bonchev–Trinajstić information content (AvgIpc) is 2.41. The summed E-state index contributed by atoms with van der Waals surface area (Å²) in [4.78, 5) is 12.3. The van der Waals surface area contributed by atoms with E-state index < -0.39 is 0 Å². The number of aromatic nitrogens is 3. The van der Waals surface area contributed by atoms with Crippen molar-refractivity contribution in [2.45, 2.75) is 11.7 Å². The van der Waals surface area contributed by atoms with Gasteiger partial charge in [0.25, 0.3) is 0 Å². The van der Waals surface area contributed by atoms with E-state index in [0.717, 1.165) is 5.56 Å². The Bertz CT molecular complexity index is 534. The Morgan fingerprint density at radius 2 is 2.06 bits per heavy atom. The molecule has 0 atom stereocenters. The third-order valence-electron chi connectivity index (χ3n) is 2.27. The average molecular weight is 282 g/mol. The molecular weight excluding hydrogens is 270 g/mol. The summed E-state index contributed by atoms with van der Waals surface area (Å²) in [7, 11) is 0. The van der Waals surface area contributed by atoms with Crippen LogP contribution in [0, 0.1) is 0 Å². The Kier molecular flexibility index (Phi) is 4.22. The van der Waals surface area contributed by atoms with Gasteiger partial charge in [-0.2, -0.15) is 0 Å². The van der Waals surface area contributed by atoms with Crippen molar-refractivity contribution in [1.82, 2.24) is 15.0 Å². The quantitative estimate of drug-likeness (QED) is 0.509. The highest BCUT2D eigenvalue weighted by Gasteiger charge is 2.09. The number of halogens is 1. The molecule has 0 saturated heterocycles. The summed E-state index contributed by atoms with van der Waals surface area (Å²) in [5.41, 5.74) is 7.28. The maximum absolute atomic E-state index is 5.94. The van der Waals surface area contributed by atoms with Crippen molar-refractivity contribution in [2.75, 3.05) is 17.3 Å². The van der Waals surface area contributed by atoms with Gasteiger partial charge in [-0.1, -0.05) is 23.4 Å². The number of thioether (sulfide) groups is 1. The van der Waals surface area contributed by atoms with Crippen LogP contribution in [0.15, 0.2) is 29.7 Å². The summed E-state index contributed by atoms with van der Waals surface area (Å²) in [6.07, 6.45) is 5.36. The van der Waals surface area contributed by atoms with E-state index in [2.05, 4.69) is 20.3 Å². The zero-order chi connectivity index (χ0) is 13.0. The zero-order valence-electron chi connectivity index (χ0n) is 9.72. The number of nitrogens with zero attached hydrogens (tertiary/aromatic N) is 3. The molecular formula is C11H12ClN5S. The number of hydrogen-bond donors (Lipinski definition) is 2. The summed E-state index contributed by atoms with van der Waals surface area (Å²) in [5, 5.41) is 4.00. The van der Waals surface area contributed by atoms with Crippen molar-refractivity contribution in [3.63, 3.8) is 0 Å². The second-order valence-electron chi connectivity index (χ2n) is 3.47. The lowest BCUT2D eigenvalue weighted by molar-refractivity contribution is 0.960. The summed E-state index contributed by atoms with van der Waals surface area (Å²) in [6, 6.07) is 3.84. The second-order valence-corrected chi connectivity index (χ2v) is 4.60. The molecule has 2 heterocycles. The van der Waals surface area contributed by atoms with E-state index in [1.54, 1.807) is 12.4 Å². The Hall–Kier alpha value is -1.53. The summed E-state index contributed by atoms with van der Waals surface area (Å²) >= 11 is 7.36. The smallest absolute Gasteiger partial charge is 0.190 e. The van der Waals surface area contributed by atoms with Gasteiger partial charge in [0.1, 0.15) is 5.69 Å². The first-order chi connectivity index (χ1) is 8.70. The van der Waals surface area contributed by atoms with Gasteiger partial charge in [-0.25, -0.2) is 9.97 Å². The highest BCUT2D eigenvalue weighted by Crippen LogP contribution is 2.26. The molecule has 2 rings (SSSR count). The minimum absolute atomic E-state index is 0.270. The van der Waals surface area contributed by atoms with Crippen LogP contribution in [0.2, 0.25) is 5.15 Å². The van der Waals surface area contributed by atoms with Crippen molar-refractivity contribution in [3.8, 4) is 0 Å². The van der Waals surface area contributed by atoms with E-state index in [9.17, 15) is 0 Å². The molecule has 2 aromatic rings. The van der Waals surface area contributed by atoms with Gasteiger partial charge >= 0.3 is 0 Å². The Morgan fingerprint density at radius 3 is 2.72 bits per heavy atom. The predicted molar refractivity (Wildman–Crippen MR) is 74.8 cm³/mol. The molecule has 0 spiro atoms. The molecule has 0 amide bonds. The molecule has 18 heavy (non-hydrogen) atoms. The SMILES string of the molecule is CSc1nc(Cl)c(N)c(NCc2ccncc2)n1. The van der Waals surface area contributed by atoms with E-state index in [1.165, 1.54) is 11.8 Å². The van der Waals surface area contributed by atoms with Gasteiger partial charge in [0.2, 0.25) is 0 Å². The largest absolute Gasteiger partial charge is 0.393 e. The lowest BCUT2D eigenvalue weighted by Crippen LogP contribution is -2.07. The van der Waals surface area contributed by atoms with Gasteiger partial charge in [-0.05, 0) is 24.0 Å². The lowest BCUT2D eigenvalue weighted by Gasteiger charge is -2.10. The van der Waals surface area contributed by atoms with Crippen molar-refractivity contribution in [3.05, 3.63) is 35.2 Å². The van der Waals surface area contributed by atoms with E-state index in [0.29, 0.717) is 23.2 Å². The van der Waals surface area contributed by atoms with Crippen LogP contribution in [0.25, 0.3) is 0 Å². The van der Waals surface area contributed by atoms with Gasteiger partial charge in [-0.3, -0.25) is 4.98 Å². The van der Waals surface area contributed by atoms with E-state index in [1.807, 2.05) is 18.4 Å². The number of hydrogen-bond acceptors (Lipinski definition) is 6. The molecule has 2 aromatic heterocycles. The summed E-state index contributed by atoms with van der Waals surface area (Å²) in [6.45, 7) is 0.605. The topological polar surface area (TPSA) is 76.7 Å². The molecule has 0 bridgehead atoms. The highest BCUT2D eigenvalue weighted by atomic mass is 35.5. The van der Waals surface area contributed by atoms with Crippen molar-refractivity contribution in [1.29, 1.82) is 0 Å². The molecule has 0 radical (unpaired) electrons. The van der Waals surface area contributed by atoms with Gasteiger partial charge in [0.15, 0.2) is 16.1 Å². The molecule has 0 aromatic carbocycles. The van der Waals surface area contributed by atoms with Gasteiger partial charge in [-0.15, -0.1) is 0 Å². The number of pyridine rings is 1. The molecule has 0 saturated carbocycles. The fourth-order valence-corrected chi connectivity index (χ4v) is 1.92. The molecule has 7 heteroatoms. The number of nitrogens with two attached hydrogens (primary N) is 1. The van der Waals surface area contributed by atoms with Gasteiger partial charge < -0.3 is 11.1 Å². The highest BCUT2D eigenvalue weighted by molar-refractivity contribution is 7.98. The van der Waals surface area contributed by atoms with Crippen LogP contribution < -0.4 is 11.1 Å². The Balaban J connectivity index is 2.16. The summed E-state index contributed by atoms with van der Waals surface area (Å²) < 4.78 is 0. The number of rotatable bonds is 4. The first-order valence-corrected chi connectivity index (χ1v) is 6.80. The Morgan fingerprint density at radius 1 is 1.33 bits per heavy atom. The molecule has 0 aliphatic carbocycles. The molecule has 0 unspecified atom stereocenters. The number of anilines is 2. The lowest BCUT2D eigenvalue weighted by atomic mass is 10.3.